The number of carbonyl (C=O) groups excluding carboxylic acids is 1. The number of amides is 1. The quantitative estimate of drug-likeness (QED) is 0.779. The molecule has 0 saturated heterocycles. The van der Waals surface area contributed by atoms with E-state index in [1.54, 1.807) is 17.4 Å². The summed E-state index contributed by atoms with van der Waals surface area (Å²) in [6, 6.07) is 11.1. The minimum absolute atomic E-state index is 0.0858. The number of nitrogens with one attached hydrogen (secondary N) is 1. The highest BCUT2D eigenvalue weighted by Crippen LogP contribution is 2.23. The molecule has 0 atom stereocenters. The molecule has 2 aromatic heterocycles. The van der Waals surface area contributed by atoms with E-state index in [4.69, 9.17) is 9.26 Å². The molecule has 0 unspecified atom stereocenters. The normalized spacial score (nSPS) is 10.4. The number of rotatable bonds is 5. The van der Waals surface area contributed by atoms with E-state index in [0.29, 0.717) is 17.3 Å². The van der Waals surface area contributed by atoms with Crippen LogP contribution in [0.3, 0.4) is 0 Å². The number of benzene rings is 1. The van der Waals surface area contributed by atoms with Gasteiger partial charge in [-0.15, -0.1) is 0 Å². The molecule has 0 fully saturated rings. The molecule has 3 rings (SSSR count). The molecular formula is C16H14N2O3S. The van der Waals surface area contributed by atoms with Crippen molar-refractivity contribution in [3.63, 3.8) is 0 Å². The van der Waals surface area contributed by atoms with Crippen LogP contribution in [-0.2, 0) is 4.79 Å². The second kappa shape index (κ2) is 6.44. The summed E-state index contributed by atoms with van der Waals surface area (Å²) < 4.78 is 10.5. The Kier molecular flexibility index (Phi) is 4.20. The predicted octanol–water partition coefficient (Wildman–Crippen LogP) is 3.73. The zero-order valence-electron chi connectivity index (χ0n) is 11.9. The first-order valence-electron chi connectivity index (χ1n) is 6.69. The summed E-state index contributed by atoms with van der Waals surface area (Å²) in [6.45, 7) is 1.91. The zero-order valence-corrected chi connectivity index (χ0v) is 12.7. The van der Waals surface area contributed by atoms with Crippen molar-refractivity contribution in [1.82, 2.24) is 5.16 Å². The van der Waals surface area contributed by atoms with Crippen molar-refractivity contribution in [3.05, 3.63) is 52.7 Å². The summed E-state index contributed by atoms with van der Waals surface area (Å²) >= 11 is 1.58. The highest BCUT2D eigenvalue weighted by molar-refractivity contribution is 7.08. The first-order valence-corrected chi connectivity index (χ1v) is 7.63. The lowest BCUT2D eigenvalue weighted by molar-refractivity contribution is -0.118. The molecule has 6 heteroatoms. The van der Waals surface area contributed by atoms with Gasteiger partial charge in [-0.2, -0.15) is 11.3 Å². The number of aryl methyl sites for hydroxylation is 1. The van der Waals surface area contributed by atoms with Crippen molar-refractivity contribution in [1.29, 1.82) is 0 Å². The summed E-state index contributed by atoms with van der Waals surface area (Å²) in [5.41, 5.74) is 2.79. The molecule has 0 spiro atoms. The van der Waals surface area contributed by atoms with Crippen molar-refractivity contribution in [2.45, 2.75) is 6.92 Å². The van der Waals surface area contributed by atoms with E-state index < -0.39 is 0 Å². The lowest BCUT2D eigenvalue weighted by Crippen LogP contribution is -2.19. The standard InChI is InChI=1S/C16H14N2O3S/c1-11-2-4-13(5-3-11)20-9-15(19)17-16-8-14(18-21-16)12-6-7-22-10-12/h2-8,10H,9H2,1H3,(H,17,19). The minimum Gasteiger partial charge on any atom is -0.484 e. The smallest absolute Gasteiger partial charge is 0.264 e. The van der Waals surface area contributed by atoms with Crippen LogP contribution in [0.25, 0.3) is 11.3 Å². The number of anilines is 1. The number of hydrogen-bond acceptors (Lipinski definition) is 5. The lowest BCUT2D eigenvalue weighted by atomic mass is 10.2. The first-order chi connectivity index (χ1) is 10.7. The van der Waals surface area contributed by atoms with Crippen molar-refractivity contribution in [3.8, 4) is 17.0 Å². The Balaban J connectivity index is 1.54. The zero-order chi connectivity index (χ0) is 15.4. The fraction of sp³-hybridized carbons (Fsp3) is 0.125. The molecule has 0 saturated carbocycles. The fourth-order valence-corrected chi connectivity index (χ4v) is 2.49. The molecule has 5 nitrogen and oxygen atoms in total. The van der Waals surface area contributed by atoms with Crippen molar-refractivity contribution in [2.75, 3.05) is 11.9 Å². The van der Waals surface area contributed by atoms with Gasteiger partial charge in [0, 0.05) is 17.0 Å². The molecule has 0 bridgehead atoms. The average molecular weight is 314 g/mol. The molecule has 0 radical (unpaired) electrons. The van der Waals surface area contributed by atoms with Gasteiger partial charge in [-0.05, 0) is 30.5 Å². The highest BCUT2D eigenvalue weighted by Gasteiger charge is 2.10. The summed E-state index contributed by atoms with van der Waals surface area (Å²) in [4.78, 5) is 11.8. The van der Waals surface area contributed by atoms with Crippen molar-refractivity contribution < 1.29 is 14.1 Å². The molecular weight excluding hydrogens is 300 g/mol. The van der Waals surface area contributed by atoms with E-state index in [9.17, 15) is 4.79 Å². The van der Waals surface area contributed by atoms with Gasteiger partial charge in [0.25, 0.3) is 5.91 Å². The van der Waals surface area contributed by atoms with Crippen LogP contribution >= 0.6 is 11.3 Å². The Morgan fingerprint density at radius 1 is 1.32 bits per heavy atom. The molecule has 112 valence electrons. The van der Waals surface area contributed by atoms with Gasteiger partial charge in [0.05, 0.1) is 0 Å². The van der Waals surface area contributed by atoms with Crippen LogP contribution in [0.1, 0.15) is 5.56 Å². The van der Waals surface area contributed by atoms with E-state index in [-0.39, 0.29) is 12.5 Å². The average Bonchev–Trinajstić information content (AvgIpc) is 3.17. The molecule has 1 N–H and O–H groups in total. The van der Waals surface area contributed by atoms with Crippen LogP contribution in [0, 0.1) is 6.92 Å². The maximum atomic E-state index is 11.8. The van der Waals surface area contributed by atoms with Crippen molar-refractivity contribution >= 4 is 23.1 Å². The Bertz CT molecular complexity index is 748. The van der Waals surface area contributed by atoms with Crippen LogP contribution in [0.2, 0.25) is 0 Å². The Morgan fingerprint density at radius 2 is 2.14 bits per heavy atom. The number of carbonyl (C=O) groups is 1. The largest absolute Gasteiger partial charge is 0.484 e. The van der Waals surface area contributed by atoms with Gasteiger partial charge in [-0.25, -0.2) is 0 Å². The maximum absolute atomic E-state index is 11.8. The SMILES string of the molecule is Cc1ccc(OCC(=O)Nc2cc(-c3ccsc3)no2)cc1. The molecule has 22 heavy (non-hydrogen) atoms. The third-order valence-electron chi connectivity index (χ3n) is 2.98. The fourth-order valence-electron chi connectivity index (χ4n) is 1.84. The second-order valence-corrected chi connectivity index (χ2v) is 5.52. The van der Waals surface area contributed by atoms with Gasteiger partial charge in [0.2, 0.25) is 5.88 Å². The van der Waals surface area contributed by atoms with Gasteiger partial charge >= 0.3 is 0 Å². The van der Waals surface area contributed by atoms with Gasteiger partial charge in [-0.3, -0.25) is 10.1 Å². The third-order valence-corrected chi connectivity index (χ3v) is 3.66. The predicted molar refractivity (Wildman–Crippen MR) is 85.1 cm³/mol. The molecule has 1 amide bonds. The van der Waals surface area contributed by atoms with Crippen LogP contribution in [0.4, 0.5) is 5.88 Å². The molecule has 1 aromatic carbocycles. The summed E-state index contributed by atoms with van der Waals surface area (Å²) in [5.74, 6) is 0.657. The second-order valence-electron chi connectivity index (χ2n) is 4.74. The third kappa shape index (κ3) is 3.53. The van der Waals surface area contributed by atoms with Crippen LogP contribution in [-0.4, -0.2) is 17.7 Å². The summed E-state index contributed by atoms with van der Waals surface area (Å²) in [6.07, 6.45) is 0. The van der Waals surface area contributed by atoms with Crippen LogP contribution in [0.15, 0.2) is 51.7 Å². The Hall–Kier alpha value is -2.60. The molecule has 0 aliphatic rings. The van der Waals surface area contributed by atoms with Crippen molar-refractivity contribution in [2.24, 2.45) is 0 Å². The van der Waals surface area contributed by atoms with Gasteiger partial charge < -0.3 is 9.26 Å². The van der Waals surface area contributed by atoms with E-state index in [0.717, 1.165) is 11.1 Å². The van der Waals surface area contributed by atoms with Gasteiger partial charge in [-0.1, -0.05) is 22.9 Å². The molecule has 0 aliphatic carbocycles. The summed E-state index contributed by atoms with van der Waals surface area (Å²) in [7, 11) is 0. The number of ether oxygens (including phenoxy) is 1. The molecule has 0 aliphatic heterocycles. The van der Waals surface area contributed by atoms with E-state index in [2.05, 4.69) is 10.5 Å². The number of hydrogen-bond donors (Lipinski definition) is 1. The minimum atomic E-state index is -0.298. The molecule has 3 aromatic rings. The lowest BCUT2D eigenvalue weighted by Gasteiger charge is -2.05. The highest BCUT2D eigenvalue weighted by atomic mass is 32.1. The monoisotopic (exact) mass is 314 g/mol. The Morgan fingerprint density at radius 3 is 2.86 bits per heavy atom. The number of nitrogens with zero attached hydrogens (tertiary/aromatic N) is 1. The maximum Gasteiger partial charge on any atom is 0.264 e. The van der Waals surface area contributed by atoms with Gasteiger partial charge in [0.1, 0.15) is 11.4 Å². The van der Waals surface area contributed by atoms with Gasteiger partial charge in [0.15, 0.2) is 6.61 Å². The molecule has 2 heterocycles. The van der Waals surface area contributed by atoms with E-state index in [1.807, 2.05) is 48.0 Å². The van der Waals surface area contributed by atoms with Crippen LogP contribution < -0.4 is 10.1 Å². The Labute approximate surface area is 131 Å². The first kappa shape index (κ1) is 14.3. The summed E-state index contributed by atoms with van der Waals surface area (Å²) in [5, 5.41) is 10.5. The van der Waals surface area contributed by atoms with Crippen LogP contribution in [0.5, 0.6) is 5.75 Å². The topological polar surface area (TPSA) is 64.4 Å². The number of aromatic nitrogens is 1. The van der Waals surface area contributed by atoms with E-state index >= 15 is 0 Å². The van der Waals surface area contributed by atoms with E-state index in [1.165, 1.54) is 0 Å². The number of thiophene rings is 1.